The van der Waals surface area contributed by atoms with E-state index >= 15 is 0 Å². The minimum atomic E-state index is -0.931. The monoisotopic (exact) mass is 348 g/mol. The quantitative estimate of drug-likeness (QED) is 0.669. The molecule has 1 atom stereocenters. The molecule has 0 amide bonds. The maximum absolute atomic E-state index is 11.8. The third-order valence-electron chi connectivity index (χ3n) is 6.17. The van der Waals surface area contributed by atoms with Crippen LogP contribution in [0.15, 0.2) is 30.5 Å². The van der Waals surface area contributed by atoms with E-state index in [1.54, 1.807) is 0 Å². The summed E-state index contributed by atoms with van der Waals surface area (Å²) in [7, 11) is 0. The molecule has 25 heavy (non-hydrogen) atoms. The van der Waals surface area contributed by atoms with Gasteiger partial charge >= 0.3 is 29.6 Å². The molecular formula is C20H25N2NaO2. The second-order valence-electron chi connectivity index (χ2n) is 7.54. The fourth-order valence-electron chi connectivity index (χ4n) is 4.39. The van der Waals surface area contributed by atoms with Gasteiger partial charge in [0.15, 0.2) is 0 Å². The molecule has 128 valence electrons. The second kappa shape index (κ2) is 8.26. The minimum Gasteiger partial charge on any atom is -0.548 e. The first-order chi connectivity index (χ1) is 11.7. The van der Waals surface area contributed by atoms with Crippen LogP contribution in [-0.2, 0) is 11.3 Å². The molecule has 4 rings (SSSR count). The summed E-state index contributed by atoms with van der Waals surface area (Å²) in [5.74, 6) is 0.444. The average Bonchev–Trinajstić information content (AvgIpc) is 2.90. The summed E-state index contributed by atoms with van der Waals surface area (Å²) in [6.07, 6.45) is 9.15. The van der Waals surface area contributed by atoms with Crippen molar-refractivity contribution in [1.29, 1.82) is 0 Å². The van der Waals surface area contributed by atoms with Crippen molar-refractivity contribution in [1.82, 2.24) is 10.3 Å². The van der Waals surface area contributed by atoms with Gasteiger partial charge in [0, 0.05) is 18.3 Å². The number of aromatic nitrogens is 1. The van der Waals surface area contributed by atoms with Crippen molar-refractivity contribution in [2.24, 2.45) is 17.8 Å². The number of hydrogen-bond acceptors (Lipinski definition) is 3. The molecular weight excluding hydrogens is 323 g/mol. The Kier molecular flexibility index (Phi) is 6.26. The summed E-state index contributed by atoms with van der Waals surface area (Å²) in [6.45, 7) is 0.573. The first-order valence-electron chi connectivity index (χ1n) is 9.22. The SMILES string of the molecule is O=C([O-])C(NCc1ccc2cc[nH]c2c1)C(C1CCC1)C1CCC1.[Na+]. The molecule has 0 bridgehead atoms. The summed E-state index contributed by atoms with van der Waals surface area (Å²) < 4.78 is 0. The standard InChI is InChI=1S/C20H26N2O2.Na/c23-20(24)19(18(15-3-1-4-15)16-5-2-6-16)22-12-13-7-8-14-9-10-21-17(14)11-13;/h7-11,15-16,18-19,21-22H,1-6,12H2,(H,23,24);/q;+1/p-1. The zero-order valence-electron chi connectivity index (χ0n) is 15.0. The number of carbonyl (C=O) groups is 1. The number of nitrogens with one attached hydrogen (secondary N) is 2. The molecule has 0 spiro atoms. The van der Waals surface area contributed by atoms with Crippen molar-refractivity contribution in [2.75, 3.05) is 0 Å². The fraction of sp³-hybridized carbons (Fsp3) is 0.550. The Morgan fingerprint density at radius 3 is 2.40 bits per heavy atom. The van der Waals surface area contributed by atoms with Gasteiger partial charge in [-0.1, -0.05) is 50.7 Å². The molecule has 2 saturated carbocycles. The Morgan fingerprint density at radius 2 is 1.84 bits per heavy atom. The van der Waals surface area contributed by atoms with Gasteiger partial charge in [0.05, 0.1) is 12.0 Å². The number of hydrogen-bond donors (Lipinski definition) is 2. The van der Waals surface area contributed by atoms with Gasteiger partial charge in [0.25, 0.3) is 0 Å². The van der Waals surface area contributed by atoms with E-state index in [1.807, 2.05) is 12.3 Å². The Labute approximate surface area is 171 Å². The third kappa shape index (κ3) is 3.97. The normalized spacial score (nSPS) is 19.2. The molecule has 2 aliphatic rings. The largest absolute Gasteiger partial charge is 1.00 e. The summed E-state index contributed by atoms with van der Waals surface area (Å²) in [5.41, 5.74) is 2.20. The topological polar surface area (TPSA) is 67.9 Å². The van der Waals surface area contributed by atoms with E-state index in [0.717, 1.165) is 11.1 Å². The molecule has 2 aliphatic carbocycles. The maximum atomic E-state index is 11.8. The van der Waals surface area contributed by atoms with Crippen LogP contribution in [0, 0.1) is 17.8 Å². The Morgan fingerprint density at radius 1 is 1.16 bits per heavy atom. The number of fused-ring (bicyclic) bond motifs is 1. The Bertz CT molecular complexity index is 707. The van der Waals surface area contributed by atoms with Crippen LogP contribution >= 0.6 is 0 Å². The number of aliphatic carboxylic acids is 1. The number of benzene rings is 1. The van der Waals surface area contributed by atoms with Crippen LogP contribution in [0.2, 0.25) is 0 Å². The van der Waals surface area contributed by atoms with E-state index in [9.17, 15) is 9.90 Å². The minimum absolute atomic E-state index is 0. The van der Waals surface area contributed by atoms with Gasteiger partial charge in [-0.25, -0.2) is 0 Å². The molecule has 2 N–H and O–H groups in total. The second-order valence-corrected chi connectivity index (χ2v) is 7.54. The molecule has 1 aromatic heterocycles. The molecule has 2 fully saturated rings. The summed E-state index contributed by atoms with van der Waals surface area (Å²) in [6, 6.07) is 7.75. The van der Waals surface area contributed by atoms with Crippen LogP contribution in [0.3, 0.4) is 0 Å². The first-order valence-corrected chi connectivity index (χ1v) is 9.22. The molecule has 1 heterocycles. The predicted molar refractivity (Wildman–Crippen MR) is 92.1 cm³/mol. The summed E-state index contributed by atoms with van der Waals surface area (Å²) in [5, 5.41) is 16.3. The zero-order chi connectivity index (χ0) is 16.5. The first kappa shape index (κ1) is 19.0. The van der Waals surface area contributed by atoms with E-state index in [4.69, 9.17) is 0 Å². The van der Waals surface area contributed by atoms with Crippen molar-refractivity contribution >= 4 is 16.9 Å². The summed E-state index contributed by atoms with van der Waals surface area (Å²) >= 11 is 0. The molecule has 1 unspecified atom stereocenters. The van der Waals surface area contributed by atoms with E-state index in [-0.39, 0.29) is 35.5 Å². The molecule has 0 saturated heterocycles. The molecule has 5 heteroatoms. The van der Waals surface area contributed by atoms with Crippen molar-refractivity contribution in [3.63, 3.8) is 0 Å². The van der Waals surface area contributed by atoms with Crippen LogP contribution in [0.25, 0.3) is 10.9 Å². The number of rotatable bonds is 7. The zero-order valence-corrected chi connectivity index (χ0v) is 17.0. The number of carboxylic acid groups (broad SMARTS) is 1. The summed E-state index contributed by atoms with van der Waals surface area (Å²) in [4.78, 5) is 15.1. The van der Waals surface area contributed by atoms with Crippen LogP contribution in [-0.4, -0.2) is 17.0 Å². The van der Waals surface area contributed by atoms with E-state index in [2.05, 4.69) is 28.5 Å². The van der Waals surface area contributed by atoms with Gasteiger partial charge in [-0.2, -0.15) is 0 Å². The molecule has 4 nitrogen and oxygen atoms in total. The molecule has 0 aliphatic heterocycles. The van der Waals surface area contributed by atoms with Crippen LogP contribution in [0.4, 0.5) is 0 Å². The molecule has 2 aromatic rings. The average molecular weight is 348 g/mol. The van der Waals surface area contributed by atoms with Gasteiger partial charge in [-0.05, 0) is 40.8 Å². The Hall–Kier alpha value is -0.810. The van der Waals surface area contributed by atoms with Crippen LogP contribution in [0.1, 0.15) is 44.1 Å². The van der Waals surface area contributed by atoms with Crippen molar-refractivity contribution < 1.29 is 39.5 Å². The Balaban J connectivity index is 0.00000182. The van der Waals surface area contributed by atoms with Crippen molar-refractivity contribution in [3.05, 3.63) is 36.0 Å². The number of aromatic amines is 1. The van der Waals surface area contributed by atoms with Crippen molar-refractivity contribution in [3.8, 4) is 0 Å². The number of H-pyrrole nitrogens is 1. The van der Waals surface area contributed by atoms with E-state index < -0.39 is 12.0 Å². The molecule has 0 radical (unpaired) electrons. The van der Waals surface area contributed by atoms with Crippen LogP contribution in [0.5, 0.6) is 0 Å². The van der Waals surface area contributed by atoms with E-state index in [1.165, 1.54) is 43.9 Å². The van der Waals surface area contributed by atoms with Crippen LogP contribution < -0.4 is 40.0 Å². The van der Waals surface area contributed by atoms with Gasteiger partial charge in [0.2, 0.25) is 0 Å². The van der Waals surface area contributed by atoms with Gasteiger partial charge < -0.3 is 20.2 Å². The van der Waals surface area contributed by atoms with Gasteiger partial charge in [-0.3, -0.25) is 0 Å². The number of carboxylic acids is 1. The maximum Gasteiger partial charge on any atom is 1.00 e. The van der Waals surface area contributed by atoms with Crippen molar-refractivity contribution in [2.45, 2.75) is 51.1 Å². The number of carbonyl (C=O) groups excluding carboxylic acids is 1. The molecule has 1 aromatic carbocycles. The smallest absolute Gasteiger partial charge is 0.548 e. The third-order valence-corrected chi connectivity index (χ3v) is 6.17. The van der Waals surface area contributed by atoms with Gasteiger partial charge in [0.1, 0.15) is 0 Å². The van der Waals surface area contributed by atoms with E-state index in [0.29, 0.717) is 18.4 Å². The predicted octanol–water partition coefficient (Wildman–Crippen LogP) is -0.404. The fourth-order valence-corrected chi connectivity index (χ4v) is 4.39. The van der Waals surface area contributed by atoms with Gasteiger partial charge in [-0.15, -0.1) is 0 Å².